The van der Waals surface area contributed by atoms with E-state index in [0.717, 1.165) is 36.4 Å². The summed E-state index contributed by atoms with van der Waals surface area (Å²) in [4.78, 5) is 26.4. The Morgan fingerprint density at radius 1 is 0.814 bits per heavy atom. The summed E-state index contributed by atoms with van der Waals surface area (Å²) in [6.45, 7) is 1.35. The zero-order chi connectivity index (χ0) is 31.3. The van der Waals surface area contributed by atoms with Crippen LogP contribution in [0.4, 0.5) is 0 Å². The van der Waals surface area contributed by atoms with Crippen LogP contribution in [0, 0.1) is 0 Å². The van der Waals surface area contributed by atoms with Crippen LogP contribution in [0.3, 0.4) is 0 Å². The number of aliphatic hydroxyl groups excluding tert-OH is 2. The van der Waals surface area contributed by atoms with Gasteiger partial charge in [0.15, 0.2) is 53.3 Å². The lowest BCUT2D eigenvalue weighted by Gasteiger charge is -2.43. The van der Waals surface area contributed by atoms with E-state index in [0.29, 0.717) is 0 Å². The largest absolute Gasteiger partial charge is 0.508 e. The Morgan fingerprint density at radius 2 is 1.49 bits per heavy atom. The molecule has 3 aromatic carbocycles. The second-order valence-electron chi connectivity index (χ2n) is 9.97. The Bertz CT molecular complexity index is 1560. The van der Waals surface area contributed by atoms with Crippen LogP contribution in [0.1, 0.15) is 39.3 Å². The number of Topliss-reactive ketones (excluding diaryl/α,β-unsaturated/α-hetero) is 1. The summed E-state index contributed by atoms with van der Waals surface area (Å²) in [5, 5.41) is 90.8. The maximum Gasteiger partial charge on any atom is 0.338 e. The number of hydrogen-bond acceptors (Lipinski definition) is 15. The first-order valence-electron chi connectivity index (χ1n) is 12.7. The molecule has 1 saturated heterocycles. The number of rotatable bonds is 5. The third-order valence-corrected chi connectivity index (χ3v) is 7.04. The van der Waals surface area contributed by atoms with Crippen molar-refractivity contribution in [3.05, 3.63) is 59.2 Å². The third-order valence-electron chi connectivity index (χ3n) is 7.04. The van der Waals surface area contributed by atoms with E-state index in [1.165, 1.54) is 13.0 Å². The van der Waals surface area contributed by atoms with Gasteiger partial charge in [-0.15, -0.1) is 0 Å². The number of carbonyl (C=O) groups is 2. The third kappa shape index (κ3) is 5.37. The zero-order valence-corrected chi connectivity index (χ0v) is 22.1. The number of phenols is 7. The smallest absolute Gasteiger partial charge is 0.338 e. The Morgan fingerprint density at radius 3 is 2.14 bits per heavy atom. The van der Waals surface area contributed by atoms with E-state index < -0.39 is 100 Å². The van der Waals surface area contributed by atoms with Crippen molar-refractivity contribution in [2.24, 2.45) is 0 Å². The minimum atomic E-state index is -1.95. The van der Waals surface area contributed by atoms with Crippen LogP contribution in [0.5, 0.6) is 46.0 Å². The van der Waals surface area contributed by atoms with E-state index in [1.54, 1.807) is 0 Å². The molecule has 228 valence electrons. The second-order valence-corrected chi connectivity index (χ2v) is 9.97. The highest BCUT2D eigenvalue weighted by Gasteiger charge is 2.50. The van der Waals surface area contributed by atoms with Crippen LogP contribution in [-0.2, 0) is 14.2 Å². The number of ether oxygens (including phenoxy) is 4. The highest BCUT2D eigenvalue weighted by molar-refractivity contribution is 6.05. The average Bonchev–Trinajstić information content (AvgIpc) is 2.94. The van der Waals surface area contributed by atoms with Crippen molar-refractivity contribution in [3.8, 4) is 46.0 Å². The van der Waals surface area contributed by atoms with Crippen LogP contribution in [-0.4, -0.2) is 94.5 Å². The van der Waals surface area contributed by atoms with Gasteiger partial charge in [-0.2, -0.15) is 0 Å². The molecule has 2 aliphatic rings. The normalized spacial score (nSPS) is 26.8. The first kappa shape index (κ1) is 29.5. The summed E-state index contributed by atoms with van der Waals surface area (Å²) in [6, 6.07) is 7.01. The molecular weight excluding hydrogens is 576 g/mol. The van der Waals surface area contributed by atoms with Crippen molar-refractivity contribution in [1.29, 1.82) is 0 Å². The molecule has 2 aliphatic heterocycles. The van der Waals surface area contributed by atoms with Crippen LogP contribution in [0.25, 0.3) is 0 Å². The molecular formula is C28H26O15. The van der Waals surface area contributed by atoms with E-state index in [1.807, 2.05) is 0 Å². The van der Waals surface area contributed by atoms with Crippen LogP contribution in [0.2, 0.25) is 0 Å². The molecule has 2 heterocycles. The van der Waals surface area contributed by atoms with Crippen LogP contribution in [0.15, 0.2) is 42.5 Å². The summed E-state index contributed by atoms with van der Waals surface area (Å²) in [5.41, 5.74) is -0.729. The highest BCUT2D eigenvalue weighted by Crippen LogP contribution is 2.45. The van der Waals surface area contributed by atoms with Gasteiger partial charge in [-0.05, 0) is 36.8 Å². The number of esters is 1. The number of phenolic OH excluding ortho intramolecular Hbond substituents is 7. The topological polar surface area (TPSA) is 253 Å². The van der Waals surface area contributed by atoms with Gasteiger partial charge in [0.05, 0.1) is 11.7 Å². The van der Waals surface area contributed by atoms with Gasteiger partial charge in [0, 0.05) is 12.1 Å². The van der Waals surface area contributed by atoms with E-state index >= 15 is 0 Å². The van der Waals surface area contributed by atoms with Crippen LogP contribution >= 0.6 is 0 Å². The molecule has 0 saturated carbocycles. The fraction of sp³-hybridized carbons (Fsp3) is 0.286. The number of fused-ring (bicyclic) bond motifs is 1. The highest BCUT2D eigenvalue weighted by atomic mass is 16.7. The molecule has 9 N–H and O–H groups in total. The number of ketones is 1. The molecule has 0 aliphatic carbocycles. The van der Waals surface area contributed by atoms with Crippen molar-refractivity contribution in [1.82, 2.24) is 0 Å². The lowest BCUT2D eigenvalue weighted by Crippen LogP contribution is -2.60. The summed E-state index contributed by atoms with van der Waals surface area (Å²) >= 11 is 0. The monoisotopic (exact) mass is 602 g/mol. The van der Waals surface area contributed by atoms with Gasteiger partial charge < -0.3 is 64.9 Å². The quantitative estimate of drug-likeness (QED) is 0.146. The van der Waals surface area contributed by atoms with E-state index in [9.17, 15) is 55.5 Å². The summed E-state index contributed by atoms with van der Waals surface area (Å²) in [7, 11) is 0. The van der Waals surface area contributed by atoms with E-state index in [2.05, 4.69) is 0 Å². The van der Waals surface area contributed by atoms with Crippen molar-refractivity contribution in [3.63, 3.8) is 0 Å². The van der Waals surface area contributed by atoms with Crippen molar-refractivity contribution in [2.75, 3.05) is 0 Å². The van der Waals surface area contributed by atoms with Gasteiger partial charge >= 0.3 is 5.97 Å². The summed E-state index contributed by atoms with van der Waals surface area (Å²) < 4.78 is 22.5. The SMILES string of the molecule is C[C@@H]1O[C@@H](OC2C(=O)c3c(O)cc(O)cc3OC2c2ccc(O)c(O)c2)[C@H](O)[C@H](OC(=O)c2cc(O)c(O)c(O)c2)[C@H]1O. The molecule has 7 atom stereocenters. The van der Waals surface area contributed by atoms with Crippen molar-refractivity contribution in [2.45, 2.75) is 49.8 Å². The molecule has 43 heavy (non-hydrogen) atoms. The van der Waals surface area contributed by atoms with Crippen molar-refractivity contribution < 1.29 is 74.5 Å². The van der Waals surface area contributed by atoms with E-state index in [-0.39, 0.29) is 16.9 Å². The molecule has 0 radical (unpaired) electrons. The lowest BCUT2D eigenvalue weighted by atomic mass is 9.92. The predicted octanol–water partition coefficient (Wildman–Crippen LogP) is 1.02. The van der Waals surface area contributed by atoms with Gasteiger partial charge in [0.1, 0.15) is 35.0 Å². The average molecular weight is 603 g/mol. The fourth-order valence-corrected chi connectivity index (χ4v) is 4.81. The van der Waals surface area contributed by atoms with Gasteiger partial charge in [-0.25, -0.2) is 4.79 Å². The first-order valence-corrected chi connectivity index (χ1v) is 12.7. The summed E-state index contributed by atoms with van der Waals surface area (Å²) in [6.07, 6.45) is -11.4. The zero-order valence-electron chi connectivity index (χ0n) is 22.1. The number of benzene rings is 3. The molecule has 2 unspecified atom stereocenters. The van der Waals surface area contributed by atoms with Crippen molar-refractivity contribution >= 4 is 11.8 Å². The standard InChI is InChI=1S/C28H26O15/c1-9-20(35)25(42-27(39)11-5-16(33)21(36)17(34)6-11)23(38)28(40-9)43-26-22(37)19-15(32)7-12(29)8-18(19)41-24(26)10-2-3-13(30)14(31)4-10/h2-9,20,23-26,28-36,38H,1H3/t9-,20-,23+,24?,25+,26?,28-/m0/s1. The van der Waals surface area contributed by atoms with Gasteiger partial charge in [-0.1, -0.05) is 6.07 Å². The number of carbonyl (C=O) groups excluding carboxylic acids is 2. The molecule has 0 aromatic heterocycles. The van der Waals surface area contributed by atoms with Crippen LogP contribution < -0.4 is 4.74 Å². The maximum absolute atomic E-state index is 13.6. The minimum absolute atomic E-state index is 0.0930. The Labute approximate surface area is 241 Å². The minimum Gasteiger partial charge on any atom is -0.508 e. The molecule has 0 spiro atoms. The number of aliphatic hydroxyl groups is 2. The molecule has 1 fully saturated rings. The Hall–Kier alpha value is -4.96. The maximum atomic E-state index is 13.6. The molecule has 0 bridgehead atoms. The van der Waals surface area contributed by atoms with Gasteiger partial charge in [-0.3, -0.25) is 4.79 Å². The lowest BCUT2D eigenvalue weighted by molar-refractivity contribution is -0.303. The molecule has 5 rings (SSSR count). The molecule has 0 amide bonds. The Kier molecular flexibility index (Phi) is 7.58. The fourth-order valence-electron chi connectivity index (χ4n) is 4.81. The summed E-state index contributed by atoms with van der Waals surface area (Å²) in [5.74, 6) is -7.05. The number of hydrogen-bond donors (Lipinski definition) is 9. The number of aromatic hydroxyl groups is 7. The Balaban J connectivity index is 1.46. The van der Waals surface area contributed by atoms with Gasteiger partial charge in [0.25, 0.3) is 0 Å². The van der Waals surface area contributed by atoms with E-state index in [4.69, 9.17) is 18.9 Å². The predicted molar refractivity (Wildman–Crippen MR) is 139 cm³/mol. The van der Waals surface area contributed by atoms with Gasteiger partial charge in [0.2, 0.25) is 5.78 Å². The molecule has 15 heteroatoms. The molecule has 3 aromatic rings. The molecule has 15 nitrogen and oxygen atoms in total. The first-order chi connectivity index (χ1) is 20.3. The second kappa shape index (κ2) is 11.0.